The van der Waals surface area contributed by atoms with E-state index in [1.165, 1.54) is 12.1 Å². The van der Waals surface area contributed by atoms with E-state index in [9.17, 15) is 27.6 Å². The first-order valence-electron chi connectivity index (χ1n) is 36.0. The maximum absolute atomic E-state index is 15.0. The van der Waals surface area contributed by atoms with Gasteiger partial charge in [-0.2, -0.15) is 13.2 Å². The number of H-pyrrole nitrogens is 2. The summed E-state index contributed by atoms with van der Waals surface area (Å²) in [4.78, 5) is 96.0. The van der Waals surface area contributed by atoms with Gasteiger partial charge >= 0.3 is 6.18 Å². The molecule has 544 valence electrons. The summed E-state index contributed by atoms with van der Waals surface area (Å²) < 4.78 is 48.0. The summed E-state index contributed by atoms with van der Waals surface area (Å²) in [5.41, 5.74) is 13.7. The molecule has 9 heterocycles. The van der Waals surface area contributed by atoms with Crippen LogP contribution in [-0.4, -0.2) is 81.8 Å². The largest absolute Gasteiger partial charge is 0.416 e. The molecule has 0 unspecified atom stereocenters. The van der Waals surface area contributed by atoms with Gasteiger partial charge < -0.3 is 49.5 Å². The molecule has 0 fully saturated rings. The molecule has 0 saturated carbocycles. The molecule has 0 atom stereocenters. The summed E-state index contributed by atoms with van der Waals surface area (Å²) in [5, 5.41) is 13.0. The summed E-state index contributed by atoms with van der Waals surface area (Å²) in [6, 6.07) is 50.0. The molecule has 0 spiro atoms. The van der Waals surface area contributed by atoms with E-state index in [0.29, 0.717) is 165 Å². The summed E-state index contributed by atoms with van der Waals surface area (Å²) in [6.07, 6.45) is 15.8. The van der Waals surface area contributed by atoms with E-state index in [0.717, 1.165) is 54.4 Å². The average Bonchev–Trinajstić information content (AvgIpc) is 1.61. The number of nitrogens with one attached hydrogen (secondary N) is 6. The fourth-order valence-corrected chi connectivity index (χ4v) is 14.2. The second-order valence-corrected chi connectivity index (χ2v) is 26.8. The van der Waals surface area contributed by atoms with Crippen molar-refractivity contribution in [2.75, 3.05) is 21.3 Å². The van der Waals surface area contributed by atoms with E-state index in [4.69, 9.17) is 9.97 Å². The number of amides is 4. The molecule has 4 amide bonds. The molecule has 0 saturated heterocycles. The van der Waals surface area contributed by atoms with Crippen molar-refractivity contribution in [1.29, 1.82) is 0 Å². The Labute approximate surface area is 625 Å². The molecule has 2 aliphatic heterocycles. The maximum Gasteiger partial charge on any atom is 0.416 e. The van der Waals surface area contributed by atoms with E-state index in [-0.39, 0.29) is 24.3 Å². The first-order valence-corrected chi connectivity index (χ1v) is 36.0. The van der Waals surface area contributed by atoms with Crippen molar-refractivity contribution in [2.24, 2.45) is 21.1 Å². The van der Waals surface area contributed by atoms with Gasteiger partial charge in [-0.1, -0.05) is 118 Å². The smallest absolute Gasteiger partial charge is 0.354 e. The normalized spacial score (nSPS) is 11.9. The van der Waals surface area contributed by atoms with Crippen LogP contribution in [0.25, 0.3) is 102 Å². The Morgan fingerprint density at radius 2 is 0.780 bits per heavy atom. The van der Waals surface area contributed by atoms with Crippen molar-refractivity contribution >= 4 is 92.7 Å². The Balaban J connectivity index is 0.941. The standard InChI is InChI=1S/C86H75F3N16O4/c1-7-19-75-91-46-72(102(75)4)83(107)99-60-29-15-11-25-56(60)79-65-38-36-63(94-65)78(55-24-10-14-28-59(55)98-82(106)53-23-18-22-51(44-53)49-105-50-90-45-71(105)52-32-34-54(35-33-52)86(87,88)89)64-37-39-66(95-64)80(57-26-12-16-30-61(57)100-84(108)73-47-92-76(20-8-2)103(73)5)68-41-43-70(97-68)81(69-42-40-67(79)96-69)58-27-13-17-31-62(58)101-85(109)74-48-93-77(21-9-3)104(74)6/h10-18,22-48,50,94,97H,7-9,19-21,49H2,1-6H3,(H,98,106)(H,99,107)(H,100,108)(H,101,109). The highest BCUT2D eigenvalue weighted by atomic mass is 19.4. The minimum absolute atomic E-state index is 0.248. The van der Waals surface area contributed by atoms with Crippen molar-refractivity contribution in [3.8, 4) is 55.8 Å². The predicted octanol–water partition coefficient (Wildman–Crippen LogP) is 18.3. The van der Waals surface area contributed by atoms with Gasteiger partial charge in [-0.25, -0.2) is 29.9 Å². The third-order valence-corrected chi connectivity index (χ3v) is 19.7. The number of aryl methyl sites for hydroxylation is 3. The first kappa shape index (κ1) is 71.1. The van der Waals surface area contributed by atoms with Crippen molar-refractivity contribution in [1.82, 2.24) is 58.1 Å². The number of imidazole rings is 4. The summed E-state index contributed by atoms with van der Waals surface area (Å²) in [5.74, 6) is 0.804. The fraction of sp³-hybridized carbons (Fsp3) is 0.163. The van der Waals surface area contributed by atoms with Crippen LogP contribution in [-0.2, 0) is 53.1 Å². The number of hydrogen-bond acceptors (Lipinski definition) is 10. The minimum atomic E-state index is -4.49. The molecule has 6 N–H and O–H groups in total. The Kier molecular flexibility index (Phi) is 19.6. The molecule has 8 bridgehead atoms. The minimum Gasteiger partial charge on any atom is -0.354 e. The lowest BCUT2D eigenvalue weighted by atomic mass is 10.0. The van der Waals surface area contributed by atoms with Crippen LogP contribution in [0.15, 0.2) is 201 Å². The molecule has 7 aromatic heterocycles. The molecule has 20 nitrogen and oxygen atoms in total. The van der Waals surface area contributed by atoms with E-state index in [2.05, 4.69) is 71.9 Å². The highest BCUT2D eigenvalue weighted by Crippen LogP contribution is 2.44. The van der Waals surface area contributed by atoms with E-state index < -0.39 is 17.6 Å². The first-order chi connectivity index (χ1) is 52.9. The van der Waals surface area contributed by atoms with Crippen LogP contribution >= 0.6 is 0 Å². The monoisotopic (exact) mass is 1450 g/mol. The van der Waals surface area contributed by atoms with Gasteiger partial charge in [-0.15, -0.1) is 0 Å². The predicted molar refractivity (Wildman–Crippen MR) is 422 cm³/mol. The molecule has 2 aliphatic rings. The van der Waals surface area contributed by atoms with Crippen molar-refractivity contribution in [3.63, 3.8) is 0 Å². The van der Waals surface area contributed by atoms with Crippen molar-refractivity contribution in [3.05, 3.63) is 275 Å². The van der Waals surface area contributed by atoms with Gasteiger partial charge in [-0.3, -0.25) is 19.2 Å². The molecular formula is C86H75F3N16O4. The zero-order valence-electron chi connectivity index (χ0n) is 60.6. The molecule has 6 aromatic carbocycles. The Morgan fingerprint density at radius 1 is 0.422 bits per heavy atom. The number of carbonyl (C=O) groups is 4. The SMILES string of the molecule is CCCc1ncc(C(=O)Nc2ccccc2-c2c3nc(c(-c4ccccc4NC(=O)c4cnc(CCC)n4C)c4ccc([nH]4)c(-c4ccccc4NC(=O)c4cnc(CCC)n4C)c4nc(c(-c5ccccc5NC(=O)c5cccc(Cn6cncc6-c6ccc(C(F)(F)F)cc6)c5)c5ccc2[nH]5)C=C4)C=C3)n1C. The molecular weight excluding hydrogens is 1380 g/mol. The van der Waals surface area contributed by atoms with Crippen molar-refractivity contribution in [2.45, 2.75) is 72.0 Å². The van der Waals surface area contributed by atoms with Gasteiger partial charge in [0.25, 0.3) is 23.6 Å². The number of aromatic amines is 2. The quantitative estimate of drug-likeness (QED) is 0.0397. The third-order valence-electron chi connectivity index (χ3n) is 19.7. The van der Waals surface area contributed by atoms with Gasteiger partial charge in [0.2, 0.25) is 0 Å². The van der Waals surface area contributed by atoms with Gasteiger partial charge in [0, 0.05) is 142 Å². The number of para-hydroxylation sites is 4. The highest BCUT2D eigenvalue weighted by Gasteiger charge is 2.31. The second kappa shape index (κ2) is 30.1. The second-order valence-electron chi connectivity index (χ2n) is 26.8. The van der Waals surface area contributed by atoms with Gasteiger partial charge in [-0.05, 0) is 127 Å². The number of anilines is 4. The number of rotatable bonds is 21. The number of fused-ring (bicyclic) bond motifs is 8. The Bertz CT molecular complexity index is 5880. The number of hydrogen-bond donors (Lipinski definition) is 6. The third kappa shape index (κ3) is 14.2. The lowest BCUT2D eigenvalue weighted by Crippen LogP contribution is -2.17. The molecule has 15 rings (SSSR count). The maximum atomic E-state index is 15.0. The number of aromatic nitrogens is 12. The zero-order valence-corrected chi connectivity index (χ0v) is 60.6. The highest BCUT2D eigenvalue weighted by molar-refractivity contribution is 6.12. The van der Waals surface area contributed by atoms with Crippen LogP contribution in [0.1, 0.15) is 133 Å². The van der Waals surface area contributed by atoms with Gasteiger partial charge in [0.1, 0.15) is 34.6 Å². The molecule has 0 aliphatic carbocycles. The van der Waals surface area contributed by atoms with Crippen LogP contribution in [0.4, 0.5) is 35.9 Å². The number of benzene rings is 6. The molecule has 109 heavy (non-hydrogen) atoms. The Morgan fingerprint density at radius 3 is 1.14 bits per heavy atom. The van der Waals surface area contributed by atoms with Gasteiger partial charge in [0.15, 0.2) is 0 Å². The average molecular weight is 1450 g/mol. The van der Waals surface area contributed by atoms with E-state index in [1.54, 1.807) is 49.3 Å². The van der Waals surface area contributed by atoms with Crippen LogP contribution < -0.4 is 21.3 Å². The number of halogens is 3. The number of nitrogens with zero attached hydrogens (tertiary/aromatic N) is 10. The van der Waals surface area contributed by atoms with Crippen LogP contribution in [0, 0.1) is 0 Å². The van der Waals surface area contributed by atoms with E-state index in [1.807, 2.05) is 191 Å². The Hall–Kier alpha value is -13.6. The number of alkyl halides is 3. The summed E-state index contributed by atoms with van der Waals surface area (Å²) >= 11 is 0. The lowest BCUT2D eigenvalue weighted by molar-refractivity contribution is -0.137. The zero-order chi connectivity index (χ0) is 75.6. The molecule has 0 radical (unpaired) electrons. The lowest BCUT2D eigenvalue weighted by Gasteiger charge is -2.14. The molecule has 23 heteroatoms. The van der Waals surface area contributed by atoms with Crippen molar-refractivity contribution < 1.29 is 32.3 Å². The summed E-state index contributed by atoms with van der Waals surface area (Å²) in [6.45, 7) is 6.44. The fourth-order valence-electron chi connectivity index (χ4n) is 14.2. The topological polar surface area (TPSA) is 245 Å². The van der Waals surface area contributed by atoms with Crippen LogP contribution in [0.3, 0.4) is 0 Å². The van der Waals surface area contributed by atoms with E-state index >= 15 is 4.79 Å². The number of carbonyl (C=O) groups excluding carboxylic acids is 4. The van der Waals surface area contributed by atoms with Crippen LogP contribution in [0.2, 0.25) is 0 Å². The van der Waals surface area contributed by atoms with Gasteiger partial charge in [0.05, 0.1) is 65.1 Å². The summed E-state index contributed by atoms with van der Waals surface area (Å²) in [7, 11) is 5.51. The van der Waals surface area contributed by atoms with Crippen LogP contribution in [0.5, 0.6) is 0 Å². The molecule has 13 aromatic rings.